The van der Waals surface area contributed by atoms with E-state index >= 15 is 0 Å². The lowest BCUT2D eigenvalue weighted by atomic mass is 10.2. The number of rotatable bonds is 5. The van der Waals surface area contributed by atoms with Gasteiger partial charge in [0.15, 0.2) is 0 Å². The fourth-order valence-corrected chi connectivity index (χ4v) is 2.49. The van der Waals surface area contributed by atoms with Crippen molar-refractivity contribution in [3.05, 3.63) is 0 Å². The van der Waals surface area contributed by atoms with Crippen LogP contribution in [-0.2, 0) is 4.79 Å². The van der Waals surface area contributed by atoms with Crippen LogP contribution in [-0.4, -0.2) is 61.5 Å². The number of carbonyl (C=O) groups is 1. The molecule has 1 aliphatic carbocycles. The summed E-state index contributed by atoms with van der Waals surface area (Å²) in [5, 5.41) is 3.27. The van der Waals surface area contributed by atoms with Gasteiger partial charge in [-0.15, -0.1) is 0 Å². The van der Waals surface area contributed by atoms with Crippen LogP contribution >= 0.6 is 0 Å². The summed E-state index contributed by atoms with van der Waals surface area (Å²) in [5.74, 6) is 1.20. The molecule has 1 unspecified atom stereocenters. The van der Waals surface area contributed by atoms with Gasteiger partial charge in [0, 0.05) is 45.2 Å². The highest BCUT2D eigenvalue weighted by Crippen LogP contribution is 2.34. The Kier molecular flexibility index (Phi) is 4.40. The first-order valence-electron chi connectivity index (χ1n) is 6.87. The average Bonchev–Trinajstić information content (AvgIpc) is 3.20. The maximum atomic E-state index is 12.0. The van der Waals surface area contributed by atoms with Crippen LogP contribution < -0.4 is 5.32 Å². The number of hydrogen-bond donors (Lipinski definition) is 1. The summed E-state index contributed by atoms with van der Waals surface area (Å²) >= 11 is 0. The van der Waals surface area contributed by atoms with Gasteiger partial charge >= 0.3 is 0 Å². The molecule has 1 atom stereocenters. The molecule has 0 spiro atoms. The number of hydrogen-bond acceptors (Lipinski definition) is 3. The van der Waals surface area contributed by atoms with Crippen LogP contribution in [0.3, 0.4) is 0 Å². The maximum Gasteiger partial charge on any atom is 0.223 e. The van der Waals surface area contributed by atoms with Gasteiger partial charge in [-0.1, -0.05) is 0 Å². The largest absolute Gasteiger partial charge is 0.340 e. The lowest BCUT2D eigenvalue weighted by Crippen LogP contribution is -2.47. The van der Waals surface area contributed by atoms with E-state index in [4.69, 9.17) is 0 Å². The molecule has 2 rings (SSSR count). The first kappa shape index (κ1) is 12.8. The minimum Gasteiger partial charge on any atom is -0.340 e. The molecular formula is C13H25N3O. The van der Waals surface area contributed by atoms with Crippen molar-refractivity contribution in [2.45, 2.75) is 32.2 Å². The molecule has 1 saturated carbocycles. The predicted molar refractivity (Wildman–Crippen MR) is 68.9 cm³/mol. The number of nitrogens with one attached hydrogen (secondary N) is 1. The Balaban J connectivity index is 1.67. The van der Waals surface area contributed by atoms with E-state index in [0.29, 0.717) is 18.4 Å². The molecule has 0 aromatic heterocycles. The highest BCUT2D eigenvalue weighted by molar-refractivity contribution is 5.76. The van der Waals surface area contributed by atoms with E-state index in [1.807, 2.05) is 4.90 Å². The molecule has 1 heterocycles. The van der Waals surface area contributed by atoms with E-state index in [1.54, 1.807) is 0 Å². The molecule has 98 valence electrons. The van der Waals surface area contributed by atoms with Crippen molar-refractivity contribution in [3.8, 4) is 0 Å². The van der Waals surface area contributed by atoms with Crippen LogP contribution in [0.15, 0.2) is 0 Å². The Labute approximate surface area is 104 Å². The van der Waals surface area contributed by atoms with Crippen LogP contribution in [0.25, 0.3) is 0 Å². The second-order valence-electron chi connectivity index (χ2n) is 5.44. The van der Waals surface area contributed by atoms with E-state index in [9.17, 15) is 4.79 Å². The zero-order valence-corrected chi connectivity index (χ0v) is 11.1. The van der Waals surface area contributed by atoms with Crippen LogP contribution in [0, 0.1) is 5.92 Å². The molecular weight excluding hydrogens is 214 g/mol. The fraction of sp³-hybridized carbons (Fsp3) is 0.923. The van der Waals surface area contributed by atoms with Crippen molar-refractivity contribution in [3.63, 3.8) is 0 Å². The van der Waals surface area contributed by atoms with Crippen LogP contribution in [0.2, 0.25) is 0 Å². The number of carbonyl (C=O) groups excluding carboxylic acids is 1. The lowest BCUT2D eigenvalue weighted by molar-refractivity contribution is -0.132. The highest BCUT2D eigenvalue weighted by Gasteiger charge is 2.30. The molecule has 1 aliphatic heterocycles. The minimum atomic E-state index is 0.321. The molecule has 4 heteroatoms. The van der Waals surface area contributed by atoms with Gasteiger partial charge in [-0.3, -0.25) is 4.79 Å². The minimum absolute atomic E-state index is 0.321. The molecule has 2 aliphatic rings. The van der Waals surface area contributed by atoms with Crippen molar-refractivity contribution < 1.29 is 4.79 Å². The summed E-state index contributed by atoms with van der Waals surface area (Å²) in [6.45, 7) is 6.83. The smallest absolute Gasteiger partial charge is 0.223 e. The van der Waals surface area contributed by atoms with E-state index in [-0.39, 0.29) is 0 Å². The predicted octanol–water partition coefficient (Wildman–Crippen LogP) is 0.539. The third kappa shape index (κ3) is 3.68. The van der Waals surface area contributed by atoms with Gasteiger partial charge in [-0.2, -0.15) is 0 Å². The third-order valence-corrected chi connectivity index (χ3v) is 4.15. The number of nitrogens with zero attached hydrogens (tertiary/aromatic N) is 2. The fourth-order valence-electron chi connectivity index (χ4n) is 2.49. The summed E-state index contributed by atoms with van der Waals surface area (Å²) < 4.78 is 0. The van der Waals surface area contributed by atoms with Gasteiger partial charge in [0.1, 0.15) is 0 Å². The van der Waals surface area contributed by atoms with Crippen LogP contribution in [0.4, 0.5) is 0 Å². The molecule has 1 N–H and O–H groups in total. The molecule has 0 radical (unpaired) electrons. The molecule has 0 aromatic carbocycles. The van der Waals surface area contributed by atoms with Crippen molar-refractivity contribution in [2.24, 2.45) is 5.92 Å². The van der Waals surface area contributed by atoms with Gasteiger partial charge in [0.25, 0.3) is 0 Å². The Morgan fingerprint density at radius 3 is 2.65 bits per heavy atom. The molecule has 17 heavy (non-hydrogen) atoms. The Hall–Kier alpha value is -0.610. The maximum absolute atomic E-state index is 12.0. The summed E-state index contributed by atoms with van der Waals surface area (Å²) in [4.78, 5) is 16.3. The van der Waals surface area contributed by atoms with Crippen molar-refractivity contribution >= 4 is 5.91 Å². The molecule has 1 amide bonds. The molecule has 4 nitrogen and oxygen atoms in total. The Bertz CT molecular complexity index is 259. The van der Waals surface area contributed by atoms with Gasteiger partial charge in [0.05, 0.1) is 0 Å². The third-order valence-electron chi connectivity index (χ3n) is 4.15. The molecule has 2 fully saturated rings. The Morgan fingerprint density at radius 1 is 1.41 bits per heavy atom. The summed E-state index contributed by atoms with van der Waals surface area (Å²) in [5.41, 5.74) is 0. The topological polar surface area (TPSA) is 35.6 Å². The average molecular weight is 239 g/mol. The van der Waals surface area contributed by atoms with E-state index in [2.05, 4.69) is 24.2 Å². The van der Waals surface area contributed by atoms with Gasteiger partial charge in [0.2, 0.25) is 5.91 Å². The lowest BCUT2D eigenvalue weighted by Gasteiger charge is -2.29. The van der Waals surface area contributed by atoms with Gasteiger partial charge < -0.3 is 15.1 Å². The van der Waals surface area contributed by atoms with Crippen LogP contribution in [0.5, 0.6) is 0 Å². The molecule has 0 aromatic rings. The van der Waals surface area contributed by atoms with Gasteiger partial charge in [-0.25, -0.2) is 0 Å². The number of piperazine rings is 1. The van der Waals surface area contributed by atoms with E-state index < -0.39 is 0 Å². The quantitative estimate of drug-likeness (QED) is 0.760. The van der Waals surface area contributed by atoms with Crippen LogP contribution in [0.1, 0.15) is 26.2 Å². The first-order chi connectivity index (χ1) is 8.18. The Morgan fingerprint density at radius 2 is 2.06 bits per heavy atom. The molecule has 1 saturated heterocycles. The summed E-state index contributed by atoms with van der Waals surface area (Å²) in [7, 11) is 2.15. The highest BCUT2D eigenvalue weighted by atomic mass is 16.2. The zero-order chi connectivity index (χ0) is 12.3. The van der Waals surface area contributed by atoms with Crippen molar-refractivity contribution in [1.29, 1.82) is 0 Å². The molecule has 0 bridgehead atoms. The zero-order valence-electron chi connectivity index (χ0n) is 11.1. The number of amides is 1. The van der Waals surface area contributed by atoms with Crippen molar-refractivity contribution in [2.75, 3.05) is 39.8 Å². The van der Waals surface area contributed by atoms with Crippen molar-refractivity contribution in [1.82, 2.24) is 15.1 Å². The summed E-state index contributed by atoms with van der Waals surface area (Å²) in [6.07, 6.45) is 3.42. The SMILES string of the molecule is CC(C1CC1)N(C)CCC(=O)N1CCNCC1. The van der Waals surface area contributed by atoms with Gasteiger partial charge in [-0.05, 0) is 32.7 Å². The standard InChI is InChI=1S/C13H25N3O/c1-11(12-3-4-12)15(2)8-5-13(17)16-9-6-14-7-10-16/h11-12,14H,3-10H2,1-2H3. The normalized spacial score (nSPS) is 22.9. The monoisotopic (exact) mass is 239 g/mol. The summed E-state index contributed by atoms with van der Waals surface area (Å²) in [6, 6.07) is 0.644. The van der Waals surface area contributed by atoms with E-state index in [0.717, 1.165) is 38.6 Å². The second-order valence-corrected chi connectivity index (χ2v) is 5.44. The second kappa shape index (κ2) is 5.83. The van der Waals surface area contributed by atoms with E-state index in [1.165, 1.54) is 12.8 Å². The first-order valence-corrected chi connectivity index (χ1v) is 6.87.